The number of aliphatic carboxylic acids is 1. The zero-order valence-corrected chi connectivity index (χ0v) is 11.1. The maximum Gasteiger partial charge on any atom is 0.317 e. The van der Waals surface area contributed by atoms with Gasteiger partial charge in [0.15, 0.2) is 0 Å². The van der Waals surface area contributed by atoms with Crippen LogP contribution < -0.4 is 4.74 Å². The van der Waals surface area contributed by atoms with Gasteiger partial charge in [0.1, 0.15) is 0 Å². The molecule has 0 bridgehead atoms. The van der Waals surface area contributed by atoms with E-state index in [0.717, 1.165) is 38.3 Å². The number of hydrogen-bond donors (Lipinski definition) is 1. The van der Waals surface area contributed by atoms with Crippen molar-refractivity contribution in [1.82, 2.24) is 14.8 Å². The van der Waals surface area contributed by atoms with Crippen molar-refractivity contribution in [3.8, 4) is 5.88 Å². The maximum absolute atomic E-state index is 10.6. The number of carboxylic acids is 1. The van der Waals surface area contributed by atoms with Crippen LogP contribution in [-0.4, -0.2) is 65.7 Å². The Morgan fingerprint density at radius 3 is 2.68 bits per heavy atom. The van der Waals surface area contributed by atoms with Gasteiger partial charge < -0.3 is 9.84 Å². The van der Waals surface area contributed by atoms with Gasteiger partial charge in [-0.2, -0.15) is 0 Å². The van der Waals surface area contributed by atoms with E-state index < -0.39 is 5.97 Å². The van der Waals surface area contributed by atoms with E-state index in [1.54, 1.807) is 13.3 Å². The summed E-state index contributed by atoms with van der Waals surface area (Å²) < 4.78 is 5.23. The summed E-state index contributed by atoms with van der Waals surface area (Å²) in [7, 11) is 1.62. The summed E-state index contributed by atoms with van der Waals surface area (Å²) in [5.41, 5.74) is 1.07. The van der Waals surface area contributed by atoms with E-state index in [1.165, 1.54) is 0 Å². The number of hydrogen-bond acceptors (Lipinski definition) is 5. The van der Waals surface area contributed by atoms with Crippen LogP contribution in [0.4, 0.5) is 0 Å². The summed E-state index contributed by atoms with van der Waals surface area (Å²) in [6.07, 6.45) is 1.72. The first kappa shape index (κ1) is 13.8. The van der Waals surface area contributed by atoms with Crippen LogP contribution in [0.15, 0.2) is 18.3 Å². The average Bonchev–Trinajstić information content (AvgIpc) is 2.41. The number of methoxy groups -OCH3 is 1. The molecule has 19 heavy (non-hydrogen) atoms. The highest BCUT2D eigenvalue weighted by molar-refractivity contribution is 5.69. The minimum absolute atomic E-state index is 0.129. The molecule has 1 aliphatic rings. The fourth-order valence-corrected chi connectivity index (χ4v) is 2.27. The average molecular weight is 265 g/mol. The number of nitrogens with zero attached hydrogens (tertiary/aromatic N) is 3. The quantitative estimate of drug-likeness (QED) is 0.825. The minimum atomic E-state index is -0.762. The lowest BCUT2D eigenvalue weighted by molar-refractivity contribution is -0.138. The molecular formula is C13H19N3O3. The Hall–Kier alpha value is -1.66. The first-order valence-electron chi connectivity index (χ1n) is 6.33. The minimum Gasteiger partial charge on any atom is -0.481 e. The van der Waals surface area contributed by atoms with Crippen molar-refractivity contribution in [2.24, 2.45) is 0 Å². The lowest BCUT2D eigenvalue weighted by atomic mass is 10.2. The first-order valence-corrected chi connectivity index (χ1v) is 6.33. The fourth-order valence-electron chi connectivity index (χ4n) is 2.27. The van der Waals surface area contributed by atoms with Gasteiger partial charge in [0.2, 0.25) is 5.88 Å². The van der Waals surface area contributed by atoms with Crippen LogP contribution in [0.5, 0.6) is 5.88 Å². The van der Waals surface area contributed by atoms with Crippen molar-refractivity contribution >= 4 is 5.97 Å². The van der Waals surface area contributed by atoms with Gasteiger partial charge >= 0.3 is 5.97 Å². The molecule has 0 atom stereocenters. The highest BCUT2D eigenvalue weighted by Crippen LogP contribution is 2.16. The van der Waals surface area contributed by atoms with Gasteiger partial charge in [0, 0.05) is 44.5 Å². The van der Waals surface area contributed by atoms with Crippen molar-refractivity contribution < 1.29 is 14.6 Å². The molecule has 6 nitrogen and oxygen atoms in total. The second-order valence-corrected chi connectivity index (χ2v) is 4.62. The van der Waals surface area contributed by atoms with Crippen molar-refractivity contribution in [3.05, 3.63) is 23.9 Å². The number of carbonyl (C=O) groups is 1. The molecule has 6 heteroatoms. The van der Waals surface area contributed by atoms with Gasteiger partial charge in [-0.25, -0.2) is 4.98 Å². The highest BCUT2D eigenvalue weighted by Gasteiger charge is 2.19. The van der Waals surface area contributed by atoms with Gasteiger partial charge in [-0.15, -0.1) is 0 Å². The van der Waals surface area contributed by atoms with E-state index in [9.17, 15) is 4.79 Å². The van der Waals surface area contributed by atoms with Crippen molar-refractivity contribution in [1.29, 1.82) is 0 Å². The predicted octanol–water partition coefficient (Wildman–Crippen LogP) is 0.292. The molecule has 1 aromatic rings. The number of carboxylic acid groups (broad SMARTS) is 1. The Morgan fingerprint density at radius 2 is 2.05 bits per heavy atom. The van der Waals surface area contributed by atoms with Crippen LogP contribution >= 0.6 is 0 Å². The van der Waals surface area contributed by atoms with Crippen molar-refractivity contribution in [3.63, 3.8) is 0 Å². The molecule has 104 valence electrons. The lowest BCUT2D eigenvalue weighted by Crippen LogP contribution is -2.47. The van der Waals surface area contributed by atoms with Crippen LogP contribution in [0.3, 0.4) is 0 Å². The summed E-state index contributed by atoms with van der Waals surface area (Å²) in [6.45, 7) is 4.22. The van der Waals surface area contributed by atoms with E-state index in [1.807, 2.05) is 17.0 Å². The van der Waals surface area contributed by atoms with Crippen molar-refractivity contribution in [2.45, 2.75) is 6.54 Å². The normalized spacial score (nSPS) is 17.3. The number of piperazine rings is 1. The summed E-state index contributed by atoms with van der Waals surface area (Å²) in [5.74, 6) is -0.0992. The topological polar surface area (TPSA) is 65.9 Å². The van der Waals surface area contributed by atoms with Crippen molar-refractivity contribution in [2.75, 3.05) is 39.8 Å². The first-order chi connectivity index (χ1) is 9.19. The Morgan fingerprint density at radius 1 is 1.37 bits per heavy atom. The number of ether oxygens (including phenoxy) is 1. The Labute approximate surface area is 112 Å². The third-order valence-electron chi connectivity index (χ3n) is 3.26. The summed E-state index contributed by atoms with van der Waals surface area (Å²) in [4.78, 5) is 19.1. The number of rotatable bonds is 5. The standard InChI is InChI=1S/C13H19N3O3/c1-19-13-11(3-2-4-14-13)9-15-5-7-16(8-6-15)10-12(17)18/h2-4H,5-10H2,1H3,(H,17,18). The molecule has 1 aliphatic heterocycles. The fraction of sp³-hybridized carbons (Fsp3) is 0.538. The van der Waals surface area contributed by atoms with Gasteiger partial charge in [-0.1, -0.05) is 6.07 Å². The SMILES string of the molecule is COc1ncccc1CN1CCN(CC(=O)O)CC1. The summed E-state index contributed by atoms with van der Waals surface area (Å²) >= 11 is 0. The van der Waals surface area contributed by atoms with Crippen LogP contribution in [-0.2, 0) is 11.3 Å². The summed E-state index contributed by atoms with van der Waals surface area (Å²) in [5, 5.41) is 8.76. The van der Waals surface area contributed by atoms with E-state index in [-0.39, 0.29) is 6.54 Å². The van der Waals surface area contributed by atoms with E-state index in [0.29, 0.717) is 5.88 Å². The molecule has 1 fully saturated rings. The molecule has 0 spiro atoms. The lowest BCUT2D eigenvalue weighted by Gasteiger charge is -2.33. The van der Waals surface area contributed by atoms with Gasteiger partial charge in [-0.3, -0.25) is 14.6 Å². The second-order valence-electron chi connectivity index (χ2n) is 4.62. The Balaban J connectivity index is 1.87. The van der Waals surface area contributed by atoms with E-state index in [2.05, 4.69) is 9.88 Å². The van der Waals surface area contributed by atoms with Gasteiger partial charge in [0.05, 0.1) is 13.7 Å². The Kier molecular flexibility index (Phi) is 4.70. The molecule has 1 saturated heterocycles. The predicted molar refractivity (Wildman–Crippen MR) is 70.1 cm³/mol. The zero-order valence-electron chi connectivity index (χ0n) is 11.1. The summed E-state index contributed by atoms with van der Waals surface area (Å²) in [6, 6.07) is 3.91. The van der Waals surface area contributed by atoms with Crippen LogP contribution in [0.1, 0.15) is 5.56 Å². The molecule has 0 unspecified atom stereocenters. The molecule has 0 radical (unpaired) electrons. The maximum atomic E-state index is 10.6. The largest absolute Gasteiger partial charge is 0.481 e. The van der Waals surface area contributed by atoms with Gasteiger partial charge in [-0.05, 0) is 6.07 Å². The van der Waals surface area contributed by atoms with E-state index >= 15 is 0 Å². The molecule has 0 aliphatic carbocycles. The molecule has 0 aromatic carbocycles. The monoisotopic (exact) mass is 265 g/mol. The number of aromatic nitrogens is 1. The van der Waals surface area contributed by atoms with Crippen LogP contribution in [0.2, 0.25) is 0 Å². The second kappa shape index (κ2) is 6.49. The molecule has 2 rings (SSSR count). The molecular weight excluding hydrogens is 246 g/mol. The zero-order chi connectivity index (χ0) is 13.7. The Bertz CT molecular complexity index is 431. The molecule has 0 saturated carbocycles. The number of pyridine rings is 1. The van der Waals surface area contributed by atoms with Crippen LogP contribution in [0, 0.1) is 0 Å². The van der Waals surface area contributed by atoms with Gasteiger partial charge in [0.25, 0.3) is 0 Å². The molecule has 2 heterocycles. The third-order valence-corrected chi connectivity index (χ3v) is 3.26. The molecule has 1 N–H and O–H groups in total. The smallest absolute Gasteiger partial charge is 0.317 e. The third kappa shape index (κ3) is 3.90. The highest BCUT2D eigenvalue weighted by atomic mass is 16.5. The van der Waals surface area contributed by atoms with E-state index in [4.69, 9.17) is 9.84 Å². The van der Waals surface area contributed by atoms with Crippen LogP contribution in [0.25, 0.3) is 0 Å². The molecule has 0 amide bonds. The molecule has 1 aromatic heterocycles.